The molecule has 0 fully saturated rings. The SMILES string of the molecule is CCCOc1cc(CC(O)CCC)ncn1. The van der Waals surface area contributed by atoms with E-state index < -0.39 is 0 Å². The summed E-state index contributed by atoms with van der Waals surface area (Å²) in [4.78, 5) is 8.13. The van der Waals surface area contributed by atoms with Gasteiger partial charge < -0.3 is 9.84 Å². The summed E-state index contributed by atoms with van der Waals surface area (Å²) < 4.78 is 5.40. The van der Waals surface area contributed by atoms with Gasteiger partial charge in [-0.25, -0.2) is 9.97 Å². The molecule has 0 aliphatic carbocycles. The van der Waals surface area contributed by atoms with E-state index >= 15 is 0 Å². The Balaban J connectivity index is 2.52. The zero-order valence-corrected chi connectivity index (χ0v) is 10.0. The van der Waals surface area contributed by atoms with Gasteiger partial charge in [0, 0.05) is 12.5 Å². The molecule has 4 nitrogen and oxygen atoms in total. The second-order valence-electron chi connectivity index (χ2n) is 3.84. The number of rotatable bonds is 7. The van der Waals surface area contributed by atoms with Crippen molar-refractivity contribution >= 4 is 0 Å². The average molecular weight is 224 g/mol. The van der Waals surface area contributed by atoms with Crippen molar-refractivity contribution in [3.63, 3.8) is 0 Å². The fraction of sp³-hybridized carbons (Fsp3) is 0.667. The van der Waals surface area contributed by atoms with Gasteiger partial charge in [-0.2, -0.15) is 0 Å². The van der Waals surface area contributed by atoms with Crippen molar-refractivity contribution < 1.29 is 9.84 Å². The van der Waals surface area contributed by atoms with Crippen molar-refractivity contribution in [1.29, 1.82) is 0 Å². The predicted octanol–water partition coefficient (Wildman–Crippen LogP) is 1.97. The highest BCUT2D eigenvalue weighted by Crippen LogP contribution is 2.10. The molecular weight excluding hydrogens is 204 g/mol. The van der Waals surface area contributed by atoms with Gasteiger partial charge in [0.05, 0.1) is 18.4 Å². The molecule has 1 N–H and O–H groups in total. The van der Waals surface area contributed by atoms with Gasteiger partial charge in [-0.1, -0.05) is 20.3 Å². The minimum Gasteiger partial charge on any atom is -0.478 e. The average Bonchev–Trinajstić information content (AvgIpc) is 2.27. The van der Waals surface area contributed by atoms with Crippen LogP contribution in [-0.2, 0) is 6.42 Å². The van der Waals surface area contributed by atoms with E-state index in [1.165, 1.54) is 6.33 Å². The van der Waals surface area contributed by atoms with Crippen LogP contribution in [-0.4, -0.2) is 27.8 Å². The largest absolute Gasteiger partial charge is 0.478 e. The van der Waals surface area contributed by atoms with E-state index in [-0.39, 0.29) is 6.10 Å². The Kier molecular flexibility index (Phi) is 5.78. The Labute approximate surface area is 96.7 Å². The van der Waals surface area contributed by atoms with Crippen molar-refractivity contribution in [2.24, 2.45) is 0 Å². The summed E-state index contributed by atoms with van der Waals surface area (Å²) in [7, 11) is 0. The van der Waals surface area contributed by atoms with Crippen molar-refractivity contribution in [3.8, 4) is 5.88 Å². The zero-order valence-electron chi connectivity index (χ0n) is 10.0. The highest BCUT2D eigenvalue weighted by Gasteiger charge is 2.06. The van der Waals surface area contributed by atoms with Crippen LogP contribution >= 0.6 is 0 Å². The highest BCUT2D eigenvalue weighted by molar-refractivity contribution is 5.14. The molecule has 1 atom stereocenters. The second kappa shape index (κ2) is 7.17. The third kappa shape index (κ3) is 4.57. The minimum absolute atomic E-state index is 0.320. The van der Waals surface area contributed by atoms with E-state index in [1.807, 2.05) is 6.92 Å². The molecule has 0 aromatic carbocycles. The van der Waals surface area contributed by atoms with E-state index in [0.29, 0.717) is 18.9 Å². The molecule has 4 heteroatoms. The Morgan fingerprint density at radius 3 is 2.81 bits per heavy atom. The first-order chi connectivity index (χ1) is 7.76. The van der Waals surface area contributed by atoms with Crippen LogP contribution in [0.3, 0.4) is 0 Å². The molecule has 0 bridgehead atoms. The molecule has 90 valence electrons. The molecule has 0 saturated carbocycles. The van der Waals surface area contributed by atoms with Gasteiger partial charge in [0.25, 0.3) is 0 Å². The third-order valence-corrected chi connectivity index (χ3v) is 2.22. The smallest absolute Gasteiger partial charge is 0.216 e. The van der Waals surface area contributed by atoms with Crippen LogP contribution in [0.15, 0.2) is 12.4 Å². The van der Waals surface area contributed by atoms with Crippen molar-refractivity contribution in [2.45, 2.75) is 45.6 Å². The molecule has 1 unspecified atom stereocenters. The van der Waals surface area contributed by atoms with Crippen molar-refractivity contribution in [1.82, 2.24) is 9.97 Å². The van der Waals surface area contributed by atoms with Crippen molar-refractivity contribution in [3.05, 3.63) is 18.1 Å². The standard InChI is InChI=1S/C12H20N2O2/c1-3-5-11(15)7-10-8-12(14-9-13-10)16-6-4-2/h8-9,11,15H,3-7H2,1-2H3. The van der Waals surface area contributed by atoms with Gasteiger partial charge in [-0.3, -0.25) is 0 Å². The summed E-state index contributed by atoms with van der Waals surface area (Å²) in [6.07, 6.45) is 4.47. The van der Waals surface area contributed by atoms with Crippen molar-refractivity contribution in [2.75, 3.05) is 6.61 Å². The quantitative estimate of drug-likeness (QED) is 0.769. The number of aliphatic hydroxyl groups excluding tert-OH is 1. The number of nitrogens with zero attached hydrogens (tertiary/aromatic N) is 2. The first-order valence-electron chi connectivity index (χ1n) is 5.88. The number of ether oxygens (including phenoxy) is 1. The molecule has 1 aromatic rings. The number of hydrogen-bond donors (Lipinski definition) is 1. The summed E-state index contributed by atoms with van der Waals surface area (Å²) in [5, 5.41) is 9.67. The van der Waals surface area contributed by atoms with Crippen LogP contribution in [0.5, 0.6) is 5.88 Å². The third-order valence-electron chi connectivity index (χ3n) is 2.22. The lowest BCUT2D eigenvalue weighted by Crippen LogP contribution is -2.11. The maximum Gasteiger partial charge on any atom is 0.216 e. The highest BCUT2D eigenvalue weighted by atomic mass is 16.5. The Morgan fingerprint density at radius 2 is 2.12 bits per heavy atom. The molecule has 1 heterocycles. The summed E-state index contributed by atoms with van der Waals surface area (Å²) in [5.41, 5.74) is 0.835. The first-order valence-corrected chi connectivity index (χ1v) is 5.88. The van der Waals surface area contributed by atoms with Gasteiger partial charge in [-0.15, -0.1) is 0 Å². The lowest BCUT2D eigenvalue weighted by atomic mass is 10.1. The summed E-state index contributed by atoms with van der Waals surface area (Å²) in [5.74, 6) is 0.593. The summed E-state index contributed by atoms with van der Waals surface area (Å²) in [6, 6.07) is 1.80. The predicted molar refractivity (Wildman–Crippen MR) is 62.4 cm³/mol. The van der Waals surface area contributed by atoms with Gasteiger partial charge in [0.2, 0.25) is 5.88 Å². The van der Waals surface area contributed by atoms with Crippen LogP contribution in [0, 0.1) is 0 Å². The Bertz CT molecular complexity index is 305. The molecule has 0 spiro atoms. The van der Waals surface area contributed by atoms with Gasteiger partial charge in [0.15, 0.2) is 0 Å². The topological polar surface area (TPSA) is 55.2 Å². The van der Waals surface area contributed by atoms with Gasteiger partial charge in [-0.05, 0) is 12.8 Å². The number of aromatic nitrogens is 2. The molecular formula is C12H20N2O2. The molecule has 16 heavy (non-hydrogen) atoms. The second-order valence-corrected chi connectivity index (χ2v) is 3.84. The zero-order chi connectivity index (χ0) is 11.8. The maximum absolute atomic E-state index is 9.67. The van der Waals surface area contributed by atoms with Gasteiger partial charge in [0.1, 0.15) is 6.33 Å². The van der Waals surface area contributed by atoms with E-state index in [4.69, 9.17) is 4.74 Å². The normalized spacial score (nSPS) is 12.4. The van der Waals surface area contributed by atoms with E-state index in [9.17, 15) is 5.11 Å². The summed E-state index contributed by atoms with van der Waals surface area (Å²) >= 11 is 0. The van der Waals surface area contributed by atoms with E-state index in [0.717, 1.165) is 25.0 Å². The molecule has 0 aliphatic rings. The molecule has 1 aromatic heterocycles. The lowest BCUT2D eigenvalue weighted by Gasteiger charge is -2.09. The molecule has 0 aliphatic heterocycles. The van der Waals surface area contributed by atoms with Crippen LogP contribution in [0.4, 0.5) is 0 Å². The number of aliphatic hydroxyl groups is 1. The first kappa shape index (κ1) is 12.9. The molecule has 0 saturated heterocycles. The summed E-state index contributed by atoms with van der Waals surface area (Å²) in [6.45, 7) is 4.76. The Morgan fingerprint density at radius 1 is 1.31 bits per heavy atom. The molecule has 0 radical (unpaired) electrons. The maximum atomic E-state index is 9.67. The van der Waals surface area contributed by atoms with E-state index in [2.05, 4.69) is 16.9 Å². The fourth-order valence-electron chi connectivity index (χ4n) is 1.45. The Hall–Kier alpha value is -1.16. The van der Waals surface area contributed by atoms with Crippen LogP contribution in [0.25, 0.3) is 0 Å². The minimum atomic E-state index is -0.320. The monoisotopic (exact) mass is 224 g/mol. The van der Waals surface area contributed by atoms with Gasteiger partial charge >= 0.3 is 0 Å². The van der Waals surface area contributed by atoms with Crippen LogP contribution in [0.1, 0.15) is 38.8 Å². The van der Waals surface area contributed by atoms with Crippen LogP contribution < -0.4 is 4.74 Å². The molecule has 1 rings (SSSR count). The lowest BCUT2D eigenvalue weighted by molar-refractivity contribution is 0.162. The fourth-order valence-corrected chi connectivity index (χ4v) is 1.45. The number of hydrogen-bond acceptors (Lipinski definition) is 4. The molecule has 0 amide bonds. The van der Waals surface area contributed by atoms with Crippen LogP contribution in [0.2, 0.25) is 0 Å². The van der Waals surface area contributed by atoms with E-state index in [1.54, 1.807) is 6.07 Å².